The summed E-state index contributed by atoms with van der Waals surface area (Å²) in [6.45, 7) is 2.58. The van der Waals surface area contributed by atoms with Crippen LogP contribution < -0.4 is 5.56 Å². The second-order valence-electron chi connectivity index (χ2n) is 6.81. The molecule has 0 saturated heterocycles. The van der Waals surface area contributed by atoms with Gasteiger partial charge in [0, 0.05) is 25.9 Å². The Morgan fingerprint density at radius 1 is 0.964 bits per heavy atom. The number of hydrogen-bond acceptors (Lipinski definition) is 2. The number of amides is 1. The summed E-state index contributed by atoms with van der Waals surface area (Å²) in [5.74, 6) is -0.190. The van der Waals surface area contributed by atoms with Crippen molar-refractivity contribution >= 4 is 17.7 Å². The molecule has 0 saturated carbocycles. The number of aromatic nitrogens is 1. The smallest absolute Gasteiger partial charge is 0.270 e. The molecule has 2 aromatic carbocycles. The van der Waals surface area contributed by atoms with E-state index in [2.05, 4.69) is 0 Å². The minimum absolute atomic E-state index is 0.190. The van der Waals surface area contributed by atoms with E-state index in [4.69, 9.17) is 0 Å². The highest BCUT2D eigenvalue weighted by molar-refractivity contribution is 6.18. The van der Waals surface area contributed by atoms with Crippen molar-refractivity contribution in [3.8, 4) is 0 Å². The lowest BCUT2D eigenvalue weighted by molar-refractivity contribution is -0.124. The molecule has 0 radical (unpaired) electrons. The van der Waals surface area contributed by atoms with Crippen molar-refractivity contribution in [3.63, 3.8) is 0 Å². The van der Waals surface area contributed by atoms with Crippen molar-refractivity contribution < 1.29 is 4.79 Å². The molecule has 0 atom stereocenters. The van der Waals surface area contributed by atoms with Gasteiger partial charge in [-0.25, -0.2) is 0 Å². The molecule has 3 aromatic rings. The van der Waals surface area contributed by atoms with E-state index in [0.717, 1.165) is 17.5 Å². The van der Waals surface area contributed by atoms with Crippen LogP contribution in [0.15, 0.2) is 83.8 Å². The summed E-state index contributed by atoms with van der Waals surface area (Å²) in [5.41, 5.74) is 3.29. The van der Waals surface area contributed by atoms with Gasteiger partial charge in [-0.15, -0.1) is 0 Å². The van der Waals surface area contributed by atoms with Gasteiger partial charge in [0.2, 0.25) is 0 Å². The van der Waals surface area contributed by atoms with Crippen LogP contribution in [0.5, 0.6) is 0 Å². The molecule has 142 valence electrons. The Kier molecular flexibility index (Phi) is 6.22. The molecule has 0 aliphatic rings. The molecule has 1 heterocycles. The third-order valence-electron chi connectivity index (χ3n) is 4.61. The molecule has 1 aromatic heterocycles. The highest BCUT2D eigenvalue weighted by Gasteiger charge is 2.17. The zero-order valence-electron chi connectivity index (χ0n) is 16.2. The summed E-state index contributed by atoms with van der Waals surface area (Å²) in [7, 11) is 1.77. The van der Waals surface area contributed by atoms with Gasteiger partial charge in [-0.1, -0.05) is 66.2 Å². The molecule has 0 aliphatic carbocycles. The predicted octanol–water partition coefficient (Wildman–Crippen LogP) is 3.86. The molecule has 0 aliphatic heterocycles. The normalized spacial score (nSPS) is 11.3. The van der Waals surface area contributed by atoms with Gasteiger partial charge in [-0.3, -0.25) is 14.2 Å². The Balaban J connectivity index is 1.89. The summed E-state index contributed by atoms with van der Waals surface area (Å²) < 4.78 is 1.40. The summed E-state index contributed by atoms with van der Waals surface area (Å²) in [6.07, 6.45) is 4.15. The summed E-state index contributed by atoms with van der Waals surface area (Å²) in [5, 5.41) is 0. The van der Waals surface area contributed by atoms with Crippen molar-refractivity contribution in [3.05, 3.63) is 106 Å². The Hall–Kier alpha value is -3.40. The van der Waals surface area contributed by atoms with E-state index in [1.165, 1.54) is 16.2 Å². The Labute approximate surface area is 165 Å². The molecule has 4 nitrogen and oxygen atoms in total. The van der Waals surface area contributed by atoms with Crippen LogP contribution in [-0.2, 0) is 11.2 Å². The van der Waals surface area contributed by atoms with Crippen molar-refractivity contribution in [2.75, 3.05) is 13.6 Å². The predicted molar refractivity (Wildman–Crippen MR) is 114 cm³/mol. The third-order valence-corrected chi connectivity index (χ3v) is 4.61. The summed E-state index contributed by atoms with van der Waals surface area (Å²) in [6, 6.07) is 22.8. The highest BCUT2D eigenvalue weighted by atomic mass is 16.2. The molecule has 0 spiro atoms. The van der Waals surface area contributed by atoms with Gasteiger partial charge in [0.15, 0.2) is 0 Å². The third kappa shape index (κ3) is 4.86. The number of benzene rings is 2. The fourth-order valence-corrected chi connectivity index (χ4v) is 2.92. The number of carbonyl (C=O) groups excluding carboxylic acids is 1. The van der Waals surface area contributed by atoms with E-state index in [1.54, 1.807) is 36.4 Å². The lowest BCUT2D eigenvalue weighted by Gasteiger charge is -2.20. The molecule has 0 unspecified atom stereocenters. The maximum absolute atomic E-state index is 13.2. The lowest BCUT2D eigenvalue weighted by Crippen LogP contribution is -2.33. The largest absolute Gasteiger partial charge is 0.340 e. The van der Waals surface area contributed by atoms with Gasteiger partial charge in [0.1, 0.15) is 5.70 Å². The monoisotopic (exact) mass is 372 g/mol. The van der Waals surface area contributed by atoms with Crippen molar-refractivity contribution in [2.24, 2.45) is 0 Å². The SMILES string of the molecule is Cc1ccc(/C=C(\C(=O)N(C)CCc2ccccc2)n2ccccc2=O)cc1. The summed E-state index contributed by atoms with van der Waals surface area (Å²) >= 11 is 0. The molecule has 0 fully saturated rings. The van der Waals surface area contributed by atoms with E-state index in [1.807, 2.05) is 61.5 Å². The van der Waals surface area contributed by atoms with Gasteiger partial charge in [0.05, 0.1) is 0 Å². The van der Waals surface area contributed by atoms with E-state index in [-0.39, 0.29) is 11.5 Å². The number of likely N-dealkylation sites (N-methyl/N-ethyl adjacent to an activating group) is 1. The van der Waals surface area contributed by atoms with Crippen molar-refractivity contribution in [2.45, 2.75) is 13.3 Å². The van der Waals surface area contributed by atoms with Crippen LogP contribution in [-0.4, -0.2) is 29.0 Å². The minimum atomic E-state index is -0.231. The molecule has 4 heteroatoms. The molecule has 0 bridgehead atoms. The van der Waals surface area contributed by atoms with Crippen LogP contribution in [0.2, 0.25) is 0 Å². The van der Waals surface area contributed by atoms with Crippen LogP contribution in [0.25, 0.3) is 11.8 Å². The molecule has 1 amide bonds. The minimum Gasteiger partial charge on any atom is -0.340 e. The standard InChI is InChI=1S/C24H24N2O2/c1-19-11-13-21(14-12-19)18-22(26-16-7-6-10-23(26)27)24(28)25(2)17-15-20-8-4-3-5-9-20/h3-14,16,18H,15,17H2,1-2H3/b22-18+. The summed E-state index contributed by atoms with van der Waals surface area (Å²) in [4.78, 5) is 27.2. The topological polar surface area (TPSA) is 42.3 Å². The van der Waals surface area contributed by atoms with Crippen LogP contribution in [0.1, 0.15) is 16.7 Å². The van der Waals surface area contributed by atoms with Gasteiger partial charge >= 0.3 is 0 Å². The second kappa shape index (κ2) is 9.00. The van der Waals surface area contributed by atoms with Crippen LogP contribution in [0.4, 0.5) is 0 Å². The number of hydrogen-bond donors (Lipinski definition) is 0. The van der Waals surface area contributed by atoms with Gasteiger partial charge in [-0.2, -0.15) is 0 Å². The number of rotatable bonds is 6. The molecule has 28 heavy (non-hydrogen) atoms. The van der Waals surface area contributed by atoms with E-state index in [0.29, 0.717) is 12.2 Å². The number of nitrogens with zero attached hydrogens (tertiary/aromatic N) is 2. The average molecular weight is 372 g/mol. The van der Waals surface area contributed by atoms with Crippen LogP contribution in [0, 0.1) is 6.92 Å². The van der Waals surface area contributed by atoms with Gasteiger partial charge < -0.3 is 4.90 Å². The first-order chi connectivity index (χ1) is 13.5. The second-order valence-corrected chi connectivity index (χ2v) is 6.81. The zero-order valence-corrected chi connectivity index (χ0v) is 16.2. The zero-order chi connectivity index (χ0) is 19.9. The average Bonchev–Trinajstić information content (AvgIpc) is 2.72. The molecular formula is C24H24N2O2. The first-order valence-corrected chi connectivity index (χ1v) is 9.30. The Bertz CT molecular complexity index is 1020. The van der Waals surface area contributed by atoms with E-state index >= 15 is 0 Å². The maximum Gasteiger partial charge on any atom is 0.270 e. The Morgan fingerprint density at radius 3 is 2.32 bits per heavy atom. The fourth-order valence-electron chi connectivity index (χ4n) is 2.92. The molecule has 0 N–H and O–H groups in total. The number of pyridine rings is 1. The van der Waals surface area contributed by atoms with Crippen molar-refractivity contribution in [1.29, 1.82) is 0 Å². The highest BCUT2D eigenvalue weighted by Crippen LogP contribution is 2.14. The van der Waals surface area contributed by atoms with Crippen LogP contribution >= 0.6 is 0 Å². The van der Waals surface area contributed by atoms with Gasteiger partial charge in [0.25, 0.3) is 11.5 Å². The fraction of sp³-hybridized carbons (Fsp3) is 0.167. The quantitative estimate of drug-likeness (QED) is 0.617. The van der Waals surface area contributed by atoms with E-state index in [9.17, 15) is 9.59 Å². The van der Waals surface area contributed by atoms with Gasteiger partial charge in [-0.05, 0) is 36.6 Å². The Morgan fingerprint density at radius 2 is 1.64 bits per heavy atom. The molecule has 3 rings (SSSR count). The van der Waals surface area contributed by atoms with E-state index < -0.39 is 0 Å². The number of carbonyl (C=O) groups is 1. The van der Waals surface area contributed by atoms with Crippen molar-refractivity contribution in [1.82, 2.24) is 9.47 Å². The first kappa shape index (κ1) is 19.4. The lowest BCUT2D eigenvalue weighted by atomic mass is 10.1. The first-order valence-electron chi connectivity index (χ1n) is 9.30. The van der Waals surface area contributed by atoms with Crippen LogP contribution in [0.3, 0.4) is 0 Å². The number of aryl methyl sites for hydroxylation is 1. The maximum atomic E-state index is 13.2. The molecular weight excluding hydrogens is 348 g/mol.